The van der Waals surface area contributed by atoms with Crippen molar-refractivity contribution in [1.82, 2.24) is 0 Å². The van der Waals surface area contributed by atoms with Gasteiger partial charge in [0.2, 0.25) is 0 Å². The molecule has 14 heavy (non-hydrogen) atoms. The molecule has 0 saturated carbocycles. The Bertz CT molecular complexity index is 344. The summed E-state index contributed by atoms with van der Waals surface area (Å²) in [5.41, 5.74) is 6.43. The maximum atomic E-state index is 8.69. The molecule has 0 unspecified atom stereocenters. The molecule has 0 bridgehead atoms. The maximum Gasteiger partial charge on any atom is 0.143 e. The molecular formula is C10H12N2O2. The van der Waals surface area contributed by atoms with E-state index in [2.05, 4.69) is 0 Å². The minimum atomic E-state index is 0.0812. The van der Waals surface area contributed by atoms with Gasteiger partial charge in [-0.05, 0) is 12.1 Å². The van der Waals surface area contributed by atoms with Crippen LogP contribution in [0.25, 0.3) is 0 Å². The molecule has 0 aliphatic rings. The maximum absolute atomic E-state index is 8.69. The molecule has 1 aromatic rings. The number of nitrogen functional groups attached to an aromatic ring is 1. The number of nitrogens with two attached hydrogens (primary N) is 1. The van der Waals surface area contributed by atoms with E-state index in [1.54, 1.807) is 18.2 Å². The van der Waals surface area contributed by atoms with Gasteiger partial charge in [0.15, 0.2) is 0 Å². The number of rotatable bonds is 4. The van der Waals surface area contributed by atoms with E-state index < -0.39 is 0 Å². The second-order valence-electron chi connectivity index (χ2n) is 2.75. The standard InChI is InChI=1S/C10H12N2O2/c11-7-8-3-1-4-9(10(8)12)14-6-2-5-13/h1,3-4,13H,2,5-6,12H2. The first kappa shape index (κ1) is 10.4. The van der Waals surface area contributed by atoms with Crippen LogP contribution in [0.5, 0.6) is 5.75 Å². The molecule has 4 nitrogen and oxygen atoms in total. The van der Waals surface area contributed by atoms with Crippen molar-refractivity contribution in [2.75, 3.05) is 18.9 Å². The SMILES string of the molecule is N#Cc1cccc(OCCCO)c1N. The highest BCUT2D eigenvalue weighted by atomic mass is 16.5. The summed E-state index contributed by atoms with van der Waals surface area (Å²) in [4.78, 5) is 0. The molecule has 0 heterocycles. The Hall–Kier alpha value is -1.73. The number of nitrogens with zero attached hydrogens (tertiary/aromatic N) is 1. The van der Waals surface area contributed by atoms with Crippen molar-refractivity contribution in [3.63, 3.8) is 0 Å². The van der Waals surface area contributed by atoms with Crippen LogP contribution in [-0.4, -0.2) is 18.3 Å². The third-order valence-corrected chi connectivity index (χ3v) is 1.75. The predicted molar refractivity (Wildman–Crippen MR) is 52.8 cm³/mol. The molecule has 0 fully saturated rings. The van der Waals surface area contributed by atoms with Crippen LogP contribution in [0.3, 0.4) is 0 Å². The van der Waals surface area contributed by atoms with Crippen LogP contribution < -0.4 is 10.5 Å². The lowest BCUT2D eigenvalue weighted by Crippen LogP contribution is -2.03. The first-order chi connectivity index (χ1) is 6.79. The summed E-state index contributed by atoms with van der Waals surface area (Å²) in [7, 11) is 0. The molecule has 1 aromatic carbocycles. The van der Waals surface area contributed by atoms with E-state index in [-0.39, 0.29) is 6.61 Å². The van der Waals surface area contributed by atoms with Crippen LogP contribution in [-0.2, 0) is 0 Å². The van der Waals surface area contributed by atoms with E-state index >= 15 is 0 Å². The quantitative estimate of drug-likeness (QED) is 0.548. The van der Waals surface area contributed by atoms with Gasteiger partial charge in [0.05, 0.1) is 17.9 Å². The van der Waals surface area contributed by atoms with Crippen molar-refractivity contribution < 1.29 is 9.84 Å². The third-order valence-electron chi connectivity index (χ3n) is 1.75. The van der Waals surface area contributed by atoms with Gasteiger partial charge in [0, 0.05) is 13.0 Å². The second-order valence-corrected chi connectivity index (χ2v) is 2.75. The van der Waals surface area contributed by atoms with Crippen LogP contribution >= 0.6 is 0 Å². The number of aliphatic hydroxyl groups is 1. The molecule has 0 aromatic heterocycles. The molecule has 0 aliphatic heterocycles. The molecule has 0 aliphatic carbocycles. The third kappa shape index (κ3) is 2.38. The number of benzene rings is 1. The first-order valence-electron chi connectivity index (χ1n) is 4.32. The topological polar surface area (TPSA) is 79.3 Å². The fourth-order valence-corrected chi connectivity index (χ4v) is 1.01. The monoisotopic (exact) mass is 192 g/mol. The summed E-state index contributed by atoms with van der Waals surface area (Å²) in [6.45, 7) is 0.480. The minimum Gasteiger partial charge on any atom is -0.491 e. The highest BCUT2D eigenvalue weighted by Crippen LogP contribution is 2.24. The molecule has 0 spiro atoms. The molecule has 0 saturated heterocycles. The summed E-state index contributed by atoms with van der Waals surface area (Å²) in [5, 5.41) is 17.2. The van der Waals surface area contributed by atoms with Gasteiger partial charge in [-0.1, -0.05) is 6.07 Å². The number of para-hydroxylation sites is 1. The van der Waals surface area contributed by atoms with Gasteiger partial charge in [-0.2, -0.15) is 5.26 Å². The number of aliphatic hydroxyl groups excluding tert-OH is 1. The number of anilines is 1. The van der Waals surface area contributed by atoms with E-state index in [9.17, 15) is 0 Å². The smallest absolute Gasteiger partial charge is 0.143 e. The summed E-state index contributed by atoms with van der Waals surface area (Å²) in [5.74, 6) is 0.498. The molecule has 0 atom stereocenters. The van der Waals surface area contributed by atoms with Crippen LogP contribution in [0.4, 0.5) is 5.69 Å². The van der Waals surface area contributed by atoms with Crippen molar-refractivity contribution in [3.05, 3.63) is 23.8 Å². The Morgan fingerprint density at radius 3 is 2.93 bits per heavy atom. The van der Waals surface area contributed by atoms with Gasteiger partial charge in [-0.15, -0.1) is 0 Å². The summed E-state index contributed by atoms with van der Waals surface area (Å²) < 4.78 is 5.28. The summed E-state index contributed by atoms with van der Waals surface area (Å²) in [6.07, 6.45) is 0.552. The van der Waals surface area contributed by atoms with Crippen molar-refractivity contribution in [2.45, 2.75) is 6.42 Å². The zero-order chi connectivity index (χ0) is 10.4. The Balaban J connectivity index is 2.73. The highest BCUT2D eigenvalue weighted by molar-refractivity contribution is 5.62. The average molecular weight is 192 g/mol. The van der Waals surface area contributed by atoms with Crippen LogP contribution in [0.1, 0.15) is 12.0 Å². The molecule has 4 heteroatoms. The normalized spacial score (nSPS) is 9.43. The van der Waals surface area contributed by atoms with E-state index in [0.29, 0.717) is 30.0 Å². The Kier molecular flexibility index (Phi) is 3.77. The summed E-state index contributed by atoms with van der Waals surface area (Å²) >= 11 is 0. The molecule has 0 amide bonds. The number of ether oxygens (including phenoxy) is 1. The summed E-state index contributed by atoms with van der Waals surface area (Å²) in [6, 6.07) is 7.02. The Morgan fingerprint density at radius 1 is 1.50 bits per heavy atom. The zero-order valence-electron chi connectivity index (χ0n) is 7.73. The first-order valence-corrected chi connectivity index (χ1v) is 4.32. The van der Waals surface area contributed by atoms with Gasteiger partial charge >= 0.3 is 0 Å². The van der Waals surface area contributed by atoms with Gasteiger partial charge in [0.25, 0.3) is 0 Å². The van der Waals surface area contributed by atoms with Gasteiger partial charge < -0.3 is 15.6 Å². The van der Waals surface area contributed by atoms with Gasteiger partial charge in [0.1, 0.15) is 11.8 Å². The van der Waals surface area contributed by atoms with E-state index in [0.717, 1.165) is 0 Å². The van der Waals surface area contributed by atoms with E-state index in [1.807, 2.05) is 6.07 Å². The number of nitriles is 1. The van der Waals surface area contributed by atoms with Crippen molar-refractivity contribution in [2.24, 2.45) is 0 Å². The van der Waals surface area contributed by atoms with Crippen molar-refractivity contribution in [1.29, 1.82) is 5.26 Å². The van der Waals surface area contributed by atoms with Gasteiger partial charge in [-0.3, -0.25) is 0 Å². The Morgan fingerprint density at radius 2 is 2.29 bits per heavy atom. The fourth-order valence-electron chi connectivity index (χ4n) is 1.01. The lowest BCUT2D eigenvalue weighted by Gasteiger charge is -2.08. The Labute approximate surface area is 82.5 Å². The molecule has 1 rings (SSSR count). The minimum absolute atomic E-state index is 0.0812. The van der Waals surface area contributed by atoms with E-state index in [4.69, 9.17) is 20.8 Å². The van der Waals surface area contributed by atoms with Crippen LogP contribution in [0.15, 0.2) is 18.2 Å². The molecular weight excluding hydrogens is 180 g/mol. The fraction of sp³-hybridized carbons (Fsp3) is 0.300. The van der Waals surface area contributed by atoms with E-state index in [1.165, 1.54) is 0 Å². The average Bonchev–Trinajstić information content (AvgIpc) is 2.21. The van der Waals surface area contributed by atoms with Crippen molar-refractivity contribution >= 4 is 5.69 Å². The highest BCUT2D eigenvalue weighted by Gasteiger charge is 2.04. The molecule has 3 N–H and O–H groups in total. The zero-order valence-corrected chi connectivity index (χ0v) is 7.73. The van der Waals surface area contributed by atoms with Crippen LogP contribution in [0.2, 0.25) is 0 Å². The number of hydrogen-bond acceptors (Lipinski definition) is 4. The molecule has 0 radical (unpaired) electrons. The molecule has 74 valence electrons. The number of hydrogen-bond donors (Lipinski definition) is 2. The predicted octanol–water partition coefficient (Wildman–Crippen LogP) is 0.902. The lowest BCUT2D eigenvalue weighted by atomic mass is 10.2. The van der Waals surface area contributed by atoms with Crippen molar-refractivity contribution in [3.8, 4) is 11.8 Å². The van der Waals surface area contributed by atoms with Crippen LogP contribution in [0, 0.1) is 11.3 Å². The largest absolute Gasteiger partial charge is 0.491 e. The lowest BCUT2D eigenvalue weighted by molar-refractivity contribution is 0.234. The second kappa shape index (κ2) is 5.10. The van der Waals surface area contributed by atoms with Gasteiger partial charge in [-0.25, -0.2) is 0 Å².